The molecule has 0 radical (unpaired) electrons. The molecular weight excluding hydrogens is 416 g/mol. The molecule has 3 aromatic rings. The third-order valence-corrected chi connectivity index (χ3v) is 4.50. The molecule has 0 saturated heterocycles. The predicted molar refractivity (Wildman–Crippen MR) is 101 cm³/mol. The van der Waals surface area contributed by atoms with Crippen LogP contribution in [0.5, 0.6) is 0 Å². The number of nitro groups is 1. The molecule has 1 aromatic heterocycles. The summed E-state index contributed by atoms with van der Waals surface area (Å²) in [4.78, 5) is 28.9. The van der Waals surface area contributed by atoms with Gasteiger partial charge in [0, 0.05) is 34.3 Å². The minimum absolute atomic E-state index is 0.0853. The number of nitro benzene ring substituents is 1. The van der Waals surface area contributed by atoms with Crippen LogP contribution in [0.1, 0.15) is 21.8 Å². The minimum atomic E-state index is -0.506. The molecule has 0 aliphatic carbocycles. The van der Waals surface area contributed by atoms with Crippen molar-refractivity contribution in [1.29, 1.82) is 0 Å². The van der Waals surface area contributed by atoms with Crippen LogP contribution in [0.25, 0.3) is 11.4 Å². The number of hydrogen-bond acceptors (Lipinski definition) is 6. The summed E-state index contributed by atoms with van der Waals surface area (Å²) in [6.45, 7) is 1.64. The molecule has 0 bridgehead atoms. The van der Waals surface area contributed by atoms with E-state index in [1.165, 1.54) is 17.0 Å². The number of hydrogen-bond donors (Lipinski definition) is 0. The Kier molecular flexibility index (Phi) is 5.31. The average Bonchev–Trinajstić information content (AvgIpc) is 3.09. The van der Waals surface area contributed by atoms with E-state index in [9.17, 15) is 14.9 Å². The molecule has 0 spiro atoms. The third-order valence-electron chi connectivity index (χ3n) is 4.00. The van der Waals surface area contributed by atoms with Crippen molar-refractivity contribution in [1.82, 2.24) is 15.0 Å². The third kappa shape index (κ3) is 4.03. The van der Waals surface area contributed by atoms with Crippen molar-refractivity contribution in [2.24, 2.45) is 0 Å². The zero-order chi connectivity index (χ0) is 19.6. The highest BCUT2D eigenvalue weighted by Gasteiger charge is 2.22. The zero-order valence-corrected chi connectivity index (χ0v) is 16.1. The Hall–Kier alpha value is -3.07. The van der Waals surface area contributed by atoms with E-state index in [2.05, 4.69) is 26.1 Å². The Labute approximate surface area is 163 Å². The van der Waals surface area contributed by atoms with Gasteiger partial charge in [0.1, 0.15) is 0 Å². The Bertz CT molecular complexity index is 1020. The van der Waals surface area contributed by atoms with Crippen molar-refractivity contribution in [2.45, 2.75) is 13.5 Å². The van der Waals surface area contributed by atoms with Gasteiger partial charge in [-0.1, -0.05) is 39.3 Å². The van der Waals surface area contributed by atoms with Crippen LogP contribution in [0, 0.1) is 17.0 Å². The van der Waals surface area contributed by atoms with Crippen molar-refractivity contribution >= 4 is 27.5 Å². The van der Waals surface area contributed by atoms with Gasteiger partial charge in [-0.3, -0.25) is 14.9 Å². The number of carbonyl (C=O) groups is 1. The summed E-state index contributed by atoms with van der Waals surface area (Å²) in [6, 6.07) is 11.9. The number of aromatic nitrogens is 2. The van der Waals surface area contributed by atoms with Gasteiger partial charge < -0.3 is 9.42 Å². The number of halogens is 1. The molecule has 0 atom stereocenters. The van der Waals surface area contributed by atoms with E-state index in [-0.39, 0.29) is 29.6 Å². The van der Waals surface area contributed by atoms with Gasteiger partial charge in [0.2, 0.25) is 11.7 Å². The van der Waals surface area contributed by atoms with Crippen molar-refractivity contribution < 1.29 is 14.2 Å². The molecule has 1 amide bonds. The summed E-state index contributed by atoms with van der Waals surface area (Å²) in [7, 11) is 1.57. The molecule has 2 aromatic carbocycles. The summed E-state index contributed by atoms with van der Waals surface area (Å²) in [5.74, 6) is 0.320. The molecule has 0 N–H and O–H groups in total. The highest BCUT2D eigenvalue weighted by molar-refractivity contribution is 9.10. The summed E-state index contributed by atoms with van der Waals surface area (Å²) < 4.78 is 6.12. The first kappa shape index (κ1) is 18.7. The van der Waals surface area contributed by atoms with Crippen LogP contribution >= 0.6 is 15.9 Å². The first-order valence-electron chi connectivity index (χ1n) is 7.95. The largest absolute Gasteiger partial charge is 0.337 e. The van der Waals surface area contributed by atoms with Crippen molar-refractivity contribution in [3.63, 3.8) is 0 Å². The normalized spacial score (nSPS) is 10.6. The number of benzene rings is 2. The molecule has 0 saturated carbocycles. The molecule has 0 aliphatic rings. The van der Waals surface area contributed by atoms with E-state index >= 15 is 0 Å². The maximum atomic E-state index is 12.7. The highest BCUT2D eigenvalue weighted by Crippen LogP contribution is 2.23. The fourth-order valence-corrected chi connectivity index (χ4v) is 3.00. The van der Waals surface area contributed by atoms with Gasteiger partial charge in [0.05, 0.1) is 11.5 Å². The standard InChI is InChI=1S/C18H15BrN4O4/c1-11-14(7-4-8-15(11)23(25)26)18(24)22(2)10-16-20-17(21-27-16)12-5-3-6-13(19)9-12/h3-9H,10H2,1-2H3. The van der Waals surface area contributed by atoms with Crippen LogP contribution in [0.15, 0.2) is 51.5 Å². The van der Waals surface area contributed by atoms with Gasteiger partial charge in [-0.2, -0.15) is 4.98 Å². The monoisotopic (exact) mass is 430 g/mol. The summed E-state index contributed by atoms with van der Waals surface area (Å²) in [6.07, 6.45) is 0. The Morgan fingerprint density at radius 3 is 2.74 bits per heavy atom. The van der Waals surface area contributed by atoms with E-state index in [0.717, 1.165) is 10.0 Å². The molecule has 0 fully saturated rings. The molecule has 3 rings (SSSR count). The van der Waals surface area contributed by atoms with Crippen LogP contribution in [-0.4, -0.2) is 32.9 Å². The lowest BCUT2D eigenvalue weighted by Gasteiger charge is -2.16. The van der Waals surface area contributed by atoms with Crippen LogP contribution < -0.4 is 0 Å². The minimum Gasteiger partial charge on any atom is -0.337 e. The van der Waals surface area contributed by atoms with Crippen LogP contribution in [0.4, 0.5) is 5.69 Å². The number of amides is 1. The fraction of sp³-hybridized carbons (Fsp3) is 0.167. The average molecular weight is 431 g/mol. The van der Waals surface area contributed by atoms with Gasteiger partial charge in [-0.15, -0.1) is 0 Å². The molecule has 9 heteroatoms. The Morgan fingerprint density at radius 1 is 1.30 bits per heavy atom. The summed E-state index contributed by atoms with van der Waals surface area (Å²) in [5.41, 5.74) is 1.27. The van der Waals surface area contributed by atoms with Crippen LogP contribution in [0.2, 0.25) is 0 Å². The maximum Gasteiger partial charge on any atom is 0.273 e. The molecule has 138 valence electrons. The van der Waals surface area contributed by atoms with E-state index in [0.29, 0.717) is 11.4 Å². The second kappa shape index (κ2) is 7.67. The summed E-state index contributed by atoms with van der Waals surface area (Å²) in [5, 5.41) is 15.0. The molecule has 0 unspecified atom stereocenters. The SMILES string of the molecule is Cc1c(C(=O)N(C)Cc2nc(-c3cccc(Br)c3)no2)cccc1[N+](=O)[O-]. The number of rotatable bonds is 5. The second-order valence-electron chi connectivity index (χ2n) is 5.89. The summed E-state index contributed by atoms with van der Waals surface area (Å²) >= 11 is 3.39. The smallest absolute Gasteiger partial charge is 0.273 e. The van der Waals surface area contributed by atoms with Crippen molar-refractivity contribution in [3.8, 4) is 11.4 Å². The van der Waals surface area contributed by atoms with E-state index in [4.69, 9.17) is 4.52 Å². The van der Waals surface area contributed by atoms with Gasteiger partial charge in [-0.25, -0.2) is 0 Å². The lowest BCUT2D eigenvalue weighted by molar-refractivity contribution is -0.385. The van der Waals surface area contributed by atoms with Crippen LogP contribution in [0.3, 0.4) is 0 Å². The van der Waals surface area contributed by atoms with E-state index in [1.54, 1.807) is 20.0 Å². The Balaban J connectivity index is 1.78. The number of carbonyl (C=O) groups excluding carboxylic acids is 1. The van der Waals surface area contributed by atoms with E-state index in [1.807, 2.05) is 24.3 Å². The van der Waals surface area contributed by atoms with Crippen molar-refractivity contribution in [2.75, 3.05) is 7.05 Å². The lowest BCUT2D eigenvalue weighted by atomic mass is 10.1. The topological polar surface area (TPSA) is 102 Å². The fourth-order valence-electron chi connectivity index (χ4n) is 2.60. The predicted octanol–water partition coefficient (Wildman–Crippen LogP) is 3.99. The van der Waals surface area contributed by atoms with Gasteiger partial charge in [-0.05, 0) is 25.1 Å². The first-order chi connectivity index (χ1) is 12.9. The second-order valence-corrected chi connectivity index (χ2v) is 6.81. The molecule has 0 aliphatic heterocycles. The molecule has 8 nitrogen and oxygen atoms in total. The highest BCUT2D eigenvalue weighted by atomic mass is 79.9. The van der Waals surface area contributed by atoms with Gasteiger partial charge >= 0.3 is 0 Å². The van der Waals surface area contributed by atoms with E-state index < -0.39 is 4.92 Å². The first-order valence-corrected chi connectivity index (χ1v) is 8.74. The molecule has 27 heavy (non-hydrogen) atoms. The van der Waals surface area contributed by atoms with Gasteiger partial charge in [0.25, 0.3) is 11.6 Å². The number of nitrogens with zero attached hydrogens (tertiary/aromatic N) is 4. The zero-order valence-electron chi connectivity index (χ0n) is 14.5. The van der Waals surface area contributed by atoms with Gasteiger partial charge in [0.15, 0.2) is 0 Å². The van der Waals surface area contributed by atoms with Crippen LogP contribution in [-0.2, 0) is 6.54 Å². The Morgan fingerprint density at radius 2 is 2.04 bits per heavy atom. The quantitative estimate of drug-likeness (QED) is 0.447. The van der Waals surface area contributed by atoms with Crippen molar-refractivity contribution in [3.05, 3.63) is 74.1 Å². The molecule has 1 heterocycles. The molecular formula is C18H15BrN4O4. The lowest BCUT2D eigenvalue weighted by Crippen LogP contribution is -2.27. The maximum absolute atomic E-state index is 12.7.